The van der Waals surface area contributed by atoms with E-state index in [2.05, 4.69) is 45.0 Å². The average Bonchev–Trinajstić information content (AvgIpc) is 3.53. The molecule has 1 amide bonds. The van der Waals surface area contributed by atoms with Crippen molar-refractivity contribution < 1.29 is 24.2 Å². The first-order chi connectivity index (χ1) is 18.8. The highest BCUT2D eigenvalue weighted by Crippen LogP contribution is 2.33. The van der Waals surface area contributed by atoms with Crippen molar-refractivity contribution in [2.75, 3.05) is 79.7 Å². The first-order valence-corrected chi connectivity index (χ1v) is 13.9. The number of ketones is 1. The van der Waals surface area contributed by atoms with Crippen LogP contribution in [-0.2, 0) is 20.7 Å². The highest BCUT2D eigenvalue weighted by atomic mass is 16.5. The van der Waals surface area contributed by atoms with Gasteiger partial charge in [0.1, 0.15) is 0 Å². The van der Waals surface area contributed by atoms with Gasteiger partial charge in [-0.05, 0) is 63.7 Å². The molecule has 1 aliphatic heterocycles. The van der Waals surface area contributed by atoms with E-state index in [1.54, 1.807) is 21.1 Å². The molecule has 0 radical (unpaired) electrons. The number of unbranched alkanes of at least 4 members (excludes halogenated alkanes) is 3. The van der Waals surface area contributed by atoms with Crippen molar-refractivity contribution in [3.05, 3.63) is 29.5 Å². The van der Waals surface area contributed by atoms with Crippen LogP contribution in [0.1, 0.15) is 55.1 Å². The number of nitrogens with one attached hydrogen (secondary N) is 4. The summed E-state index contributed by atoms with van der Waals surface area (Å²) < 4.78 is 9.64. The molecule has 222 valence electrons. The Morgan fingerprint density at radius 1 is 1.08 bits per heavy atom. The molecular weight excluding hydrogens is 498 g/mol. The van der Waals surface area contributed by atoms with Gasteiger partial charge in [-0.1, -0.05) is 12.8 Å². The number of fused-ring (bicyclic) bond motifs is 3. The third-order valence-electron chi connectivity index (χ3n) is 6.40. The zero-order valence-corrected chi connectivity index (χ0v) is 24.8. The van der Waals surface area contributed by atoms with Crippen LogP contribution in [0.15, 0.2) is 18.2 Å². The molecule has 5 N–H and O–H groups in total. The number of anilines is 1. The summed E-state index contributed by atoms with van der Waals surface area (Å²) in [6.07, 6.45) is 6.00. The van der Waals surface area contributed by atoms with E-state index in [-0.39, 0.29) is 24.8 Å². The molecule has 1 aliphatic rings. The summed E-state index contributed by atoms with van der Waals surface area (Å²) in [6, 6.07) is 6.17. The molecule has 3 rings (SSSR count). The van der Waals surface area contributed by atoms with Crippen LogP contribution in [-0.4, -0.2) is 103 Å². The van der Waals surface area contributed by atoms with Gasteiger partial charge in [-0.25, -0.2) is 0 Å². The fourth-order valence-corrected chi connectivity index (χ4v) is 4.17. The van der Waals surface area contributed by atoms with Crippen molar-refractivity contribution in [2.24, 2.45) is 0 Å². The van der Waals surface area contributed by atoms with E-state index in [0.717, 1.165) is 31.6 Å². The second kappa shape index (κ2) is 20.4. The Morgan fingerprint density at radius 2 is 1.79 bits per heavy atom. The number of likely N-dealkylation sites (N-methyl/N-ethyl adjacent to an activating group) is 1. The minimum Gasteiger partial charge on any atom is -0.389 e. The van der Waals surface area contributed by atoms with E-state index < -0.39 is 6.10 Å². The van der Waals surface area contributed by atoms with Crippen LogP contribution in [0.5, 0.6) is 0 Å². The van der Waals surface area contributed by atoms with Gasteiger partial charge >= 0.3 is 0 Å². The summed E-state index contributed by atoms with van der Waals surface area (Å²) in [5.41, 5.74) is 4.43. The summed E-state index contributed by atoms with van der Waals surface area (Å²) in [4.78, 5) is 27.8. The third-order valence-corrected chi connectivity index (χ3v) is 6.40. The lowest BCUT2D eigenvalue weighted by Gasteiger charge is -2.11. The molecule has 2 heterocycles. The number of aromatic amines is 1. The number of ether oxygens (including phenoxy) is 2. The summed E-state index contributed by atoms with van der Waals surface area (Å²) in [6.45, 7) is 5.85. The maximum atomic E-state index is 11.3. The monoisotopic (exact) mass is 549 g/mol. The number of aromatic nitrogens is 1. The van der Waals surface area contributed by atoms with E-state index in [1.807, 2.05) is 13.1 Å². The van der Waals surface area contributed by atoms with Crippen LogP contribution in [0.2, 0.25) is 0 Å². The highest BCUT2D eigenvalue weighted by molar-refractivity contribution is 6.00. The van der Waals surface area contributed by atoms with Crippen molar-refractivity contribution in [3.8, 4) is 0 Å². The number of amides is 1. The van der Waals surface area contributed by atoms with Gasteiger partial charge in [0, 0.05) is 77.4 Å². The minimum absolute atomic E-state index is 0.0653. The highest BCUT2D eigenvalue weighted by Gasteiger charge is 2.19. The number of Topliss-reactive ketones (excluding diaryl/α,β-unsaturated/α-hetero) is 1. The van der Waals surface area contributed by atoms with E-state index in [4.69, 9.17) is 14.6 Å². The topological polar surface area (TPSA) is 128 Å². The van der Waals surface area contributed by atoms with Crippen molar-refractivity contribution >= 4 is 28.3 Å². The first-order valence-electron chi connectivity index (χ1n) is 13.9. The quantitative estimate of drug-likeness (QED) is 0.169. The number of H-pyrrole nitrogens is 1. The summed E-state index contributed by atoms with van der Waals surface area (Å²) >= 11 is 0. The van der Waals surface area contributed by atoms with Gasteiger partial charge in [0.25, 0.3) is 0 Å². The van der Waals surface area contributed by atoms with Crippen LogP contribution < -0.4 is 20.9 Å². The van der Waals surface area contributed by atoms with E-state index in [0.29, 0.717) is 18.7 Å². The Bertz CT molecular complexity index is 957. The maximum Gasteiger partial charge on any atom is 0.221 e. The zero-order valence-electron chi connectivity index (χ0n) is 24.8. The summed E-state index contributed by atoms with van der Waals surface area (Å²) in [5.74, 6) is 0.0285. The molecule has 0 fully saturated rings. The SMILES string of the molecule is CC(=O)c1cc2c3c(ccc2[nH]1)N(C)CC3.CNCCC(=O)NCC(O)COC.CNCCCCCCOC. The lowest BCUT2D eigenvalue weighted by molar-refractivity contribution is -0.121. The Balaban J connectivity index is 0.000000303. The van der Waals surface area contributed by atoms with Gasteiger partial charge in [0.2, 0.25) is 5.91 Å². The smallest absolute Gasteiger partial charge is 0.221 e. The normalized spacial score (nSPS) is 12.7. The predicted octanol–water partition coefficient (Wildman–Crippen LogP) is 2.49. The number of carbonyl (C=O) groups excluding carboxylic acids is 2. The number of methoxy groups -OCH3 is 2. The van der Waals surface area contributed by atoms with Gasteiger partial charge in [0.15, 0.2) is 5.78 Å². The van der Waals surface area contributed by atoms with Gasteiger partial charge in [-0.15, -0.1) is 0 Å². The molecule has 0 saturated carbocycles. The molecule has 2 aromatic rings. The molecule has 10 nitrogen and oxygen atoms in total. The molecule has 39 heavy (non-hydrogen) atoms. The Kier molecular flexibility index (Phi) is 18.1. The number of benzene rings is 1. The minimum atomic E-state index is -0.622. The average molecular weight is 550 g/mol. The molecule has 0 spiro atoms. The van der Waals surface area contributed by atoms with Crippen molar-refractivity contribution in [1.29, 1.82) is 0 Å². The molecule has 0 aliphatic carbocycles. The van der Waals surface area contributed by atoms with E-state index in [1.165, 1.54) is 49.4 Å². The molecule has 0 saturated heterocycles. The van der Waals surface area contributed by atoms with Crippen LogP contribution in [0.3, 0.4) is 0 Å². The summed E-state index contributed by atoms with van der Waals surface area (Å²) in [7, 11) is 9.15. The van der Waals surface area contributed by atoms with Crippen molar-refractivity contribution in [1.82, 2.24) is 20.9 Å². The van der Waals surface area contributed by atoms with Crippen LogP contribution in [0.25, 0.3) is 10.9 Å². The lowest BCUT2D eigenvalue weighted by atomic mass is 10.1. The molecule has 1 unspecified atom stereocenters. The number of rotatable bonds is 15. The van der Waals surface area contributed by atoms with Crippen molar-refractivity contribution in [3.63, 3.8) is 0 Å². The zero-order chi connectivity index (χ0) is 29.0. The van der Waals surface area contributed by atoms with Gasteiger partial charge in [0.05, 0.1) is 18.4 Å². The Labute approximate surface area is 234 Å². The van der Waals surface area contributed by atoms with Crippen LogP contribution in [0.4, 0.5) is 5.69 Å². The largest absolute Gasteiger partial charge is 0.389 e. The number of aliphatic hydroxyl groups is 1. The van der Waals surface area contributed by atoms with Gasteiger partial charge in [-0.2, -0.15) is 0 Å². The molecule has 0 bridgehead atoms. The predicted molar refractivity (Wildman–Crippen MR) is 159 cm³/mol. The maximum absolute atomic E-state index is 11.3. The molecule has 1 atom stereocenters. The molecule has 1 aromatic carbocycles. The fraction of sp³-hybridized carbons (Fsp3) is 0.655. The number of hydrogen-bond donors (Lipinski definition) is 5. The second-order valence-electron chi connectivity index (χ2n) is 9.71. The number of carbonyl (C=O) groups is 2. The second-order valence-corrected chi connectivity index (χ2v) is 9.71. The fourth-order valence-electron chi connectivity index (χ4n) is 4.17. The van der Waals surface area contributed by atoms with E-state index >= 15 is 0 Å². The standard InChI is InChI=1S/C13H14N2O.C8H18N2O3.C8H19NO/c1-8(16)12-7-10-9-5-6-15(2)13(9)4-3-11(10)14-12;1-9-4-3-8(12)10-5-7(11)6-13-2;1-9-7-5-3-4-6-8-10-2/h3-4,7,14H,5-6H2,1-2H3;7,9,11H,3-6H2,1-2H3,(H,10,12);9H,3-8H2,1-2H3. The Morgan fingerprint density at radius 3 is 2.44 bits per heavy atom. The third kappa shape index (κ3) is 13.4. The van der Waals surface area contributed by atoms with Crippen molar-refractivity contribution in [2.45, 2.75) is 51.6 Å². The van der Waals surface area contributed by atoms with Gasteiger partial charge < -0.3 is 40.4 Å². The first kappa shape index (κ1) is 34.5. The van der Waals surface area contributed by atoms with Crippen LogP contribution >= 0.6 is 0 Å². The molecule has 10 heteroatoms. The molecule has 1 aromatic heterocycles. The number of aliphatic hydroxyl groups excluding tert-OH is 1. The van der Waals surface area contributed by atoms with Crippen LogP contribution in [0, 0.1) is 0 Å². The lowest BCUT2D eigenvalue weighted by Crippen LogP contribution is -2.35. The molecular formula is C29H51N5O5. The summed E-state index contributed by atoms with van der Waals surface area (Å²) in [5, 5.41) is 19.0. The Hall–Kier alpha value is -2.50. The van der Waals surface area contributed by atoms with Gasteiger partial charge in [-0.3, -0.25) is 9.59 Å². The number of nitrogens with zero attached hydrogens (tertiary/aromatic N) is 1. The van der Waals surface area contributed by atoms with E-state index in [9.17, 15) is 9.59 Å². The number of hydrogen-bond acceptors (Lipinski definition) is 8.